The number of benzene rings is 1. The third-order valence-corrected chi connectivity index (χ3v) is 2.06. The Morgan fingerprint density at radius 1 is 1.44 bits per heavy atom. The second-order valence-corrected chi connectivity index (χ2v) is 3.46. The van der Waals surface area contributed by atoms with Gasteiger partial charge in [0, 0.05) is 0 Å². The summed E-state index contributed by atoms with van der Waals surface area (Å²) in [6.07, 6.45) is 0. The lowest BCUT2D eigenvalue weighted by Gasteiger charge is -2.09. The summed E-state index contributed by atoms with van der Waals surface area (Å²) in [6, 6.07) is 2.77. The molecule has 0 aliphatic heterocycles. The molecule has 1 amide bonds. The van der Waals surface area contributed by atoms with Crippen molar-refractivity contribution in [2.45, 2.75) is 13.0 Å². The summed E-state index contributed by atoms with van der Waals surface area (Å²) >= 11 is 0. The Balaban J connectivity index is 0.00000289. The van der Waals surface area contributed by atoms with Crippen LogP contribution < -0.4 is 11.1 Å². The maximum Gasteiger partial charge on any atom is 0.337 e. The van der Waals surface area contributed by atoms with Gasteiger partial charge in [0.2, 0.25) is 5.91 Å². The van der Waals surface area contributed by atoms with Crippen LogP contribution >= 0.6 is 12.4 Å². The van der Waals surface area contributed by atoms with E-state index in [4.69, 9.17) is 5.73 Å². The summed E-state index contributed by atoms with van der Waals surface area (Å²) in [6.45, 7) is 1.47. The van der Waals surface area contributed by atoms with Gasteiger partial charge >= 0.3 is 5.97 Å². The van der Waals surface area contributed by atoms with E-state index in [0.717, 1.165) is 6.07 Å². The van der Waals surface area contributed by atoms with Gasteiger partial charge in [0.1, 0.15) is 5.82 Å². The minimum absolute atomic E-state index is 0. The minimum atomic E-state index is -0.767. The van der Waals surface area contributed by atoms with Crippen LogP contribution in [0, 0.1) is 5.82 Å². The molecule has 0 fully saturated rings. The number of carbonyl (C=O) groups excluding carboxylic acids is 2. The number of nitrogens with two attached hydrogens (primary N) is 1. The van der Waals surface area contributed by atoms with E-state index in [1.54, 1.807) is 0 Å². The standard InChI is InChI=1S/C11H13FN2O3.ClH/c1-6(13)10(15)14-9-5-7(11(16)17-2)3-4-8(9)12;/h3-6H,13H2,1-2H3,(H,14,15);1H/t6-;/m0./s1. The fraction of sp³-hybridized carbons (Fsp3) is 0.273. The lowest BCUT2D eigenvalue weighted by atomic mass is 10.2. The van der Waals surface area contributed by atoms with Crippen molar-refractivity contribution in [3.63, 3.8) is 0 Å². The molecule has 0 bridgehead atoms. The summed E-state index contributed by atoms with van der Waals surface area (Å²) in [5, 5.41) is 2.28. The topological polar surface area (TPSA) is 81.4 Å². The molecule has 0 spiro atoms. The smallest absolute Gasteiger partial charge is 0.337 e. The third kappa shape index (κ3) is 3.97. The van der Waals surface area contributed by atoms with Gasteiger partial charge in [-0.15, -0.1) is 12.4 Å². The van der Waals surface area contributed by atoms with Crippen LogP contribution in [0.1, 0.15) is 17.3 Å². The summed E-state index contributed by atoms with van der Waals surface area (Å²) in [5.41, 5.74) is 5.38. The summed E-state index contributed by atoms with van der Waals surface area (Å²) in [4.78, 5) is 22.5. The highest BCUT2D eigenvalue weighted by Crippen LogP contribution is 2.17. The normalized spacial score (nSPS) is 11.1. The van der Waals surface area contributed by atoms with Crippen molar-refractivity contribution in [1.82, 2.24) is 0 Å². The molecule has 0 aromatic heterocycles. The predicted molar refractivity (Wildman–Crippen MR) is 67.3 cm³/mol. The van der Waals surface area contributed by atoms with E-state index in [9.17, 15) is 14.0 Å². The average Bonchev–Trinajstić information content (AvgIpc) is 2.30. The largest absolute Gasteiger partial charge is 0.465 e. The van der Waals surface area contributed by atoms with E-state index in [-0.39, 0.29) is 23.7 Å². The molecule has 1 rings (SSSR count). The Kier molecular flexibility index (Phi) is 6.29. The van der Waals surface area contributed by atoms with Crippen molar-refractivity contribution in [3.05, 3.63) is 29.6 Å². The molecule has 100 valence electrons. The molecule has 0 saturated carbocycles. The minimum Gasteiger partial charge on any atom is -0.465 e. The zero-order valence-electron chi connectivity index (χ0n) is 9.90. The zero-order valence-corrected chi connectivity index (χ0v) is 10.7. The maximum absolute atomic E-state index is 13.4. The first-order chi connectivity index (χ1) is 7.95. The lowest BCUT2D eigenvalue weighted by Crippen LogP contribution is -2.32. The van der Waals surface area contributed by atoms with Crippen molar-refractivity contribution in [3.8, 4) is 0 Å². The van der Waals surface area contributed by atoms with Gasteiger partial charge in [-0.1, -0.05) is 0 Å². The average molecular weight is 277 g/mol. The number of nitrogens with one attached hydrogen (secondary N) is 1. The highest BCUT2D eigenvalue weighted by molar-refractivity contribution is 5.96. The van der Waals surface area contributed by atoms with Crippen LogP contribution in [0.4, 0.5) is 10.1 Å². The molecule has 0 aliphatic rings. The molecule has 1 atom stereocenters. The molecule has 5 nitrogen and oxygen atoms in total. The highest BCUT2D eigenvalue weighted by Gasteiger charge is 2.13. The van der Waals surface area contributed by atoms with Gasteiger partial charge in [-0.2, -0.15) is 0 Å². The van der Waals surface area contributed by atoms with Crippen molar-refractivity contribution >= 4 is 30.0 Å². The number of carbonyl (C=O) groups is 2. The molecule has 0 radical (unpaired) electrons. The number of methoxy groups -OCH3 is 1. The van der Waals surface area contributed by atoms with Gasteiger partial charge in [-0.05, 0) is 25.1 Å². The lowest BCUT2D eigenvalue weighted by molar-refractivity contribution is -0.117. The molecule has 18 heavy (non-hydrogen) atoms. The Hall–Kier alpha value is -1.66. The van der Waals surface area contributed by atoms with E-state index < -0.39 is 23.7 Å². The number of anilines is 1. The molecule has 1 aromatic carbocycles. The van der Waals surface area contributed by atoms with Gasteiger partial charge < -0.3 is 15.8 Å². The first kappa shape index (κ1) is 16.3. The van der Waals surface area contributed by atoms with E-state index in [2.05, 4.69) is 10.1 Å². The molecule has 7 heteroatoms. The van der Waals surface area contributed by atoms with Crippen LogP contribution in [-0.4, -0.2) is 25.0 Å². The predicted octanol–water partition coefficient (Wildman–Crippen LogP) is 1.32. The summed E-state index contributed by atoms with van der Waals surface area (Å²) < 4.78 is 17.8. The Bertz CT molecular complexity index is 452. The molecule has 0 heterocycles. The van der Waals surface area contributed by atoms with Gasteiger partial charge in [0.15, 0.2) is 0 Å². The quantitative estimate of drug-likeness (QED) is 0.816. The van der Waals surface area contributed by atoms with Crippen molar-refractivity contribution in [1.29, 1.82) is 0 Å². The van der Waals surface area contributed by atoms with E-state index in [1.807, 2.05) is 0 Å². The SMILES string of the molecule is COC(=O)c1ccc(F)c(NC(=O)[C@H](C)N)c1.Cl. The van der Waals surface area contributed by atoms with E-state index >= 15 is 0 Å². The van der Waals surface area contributed by atoms with Gasteiger partial charge in [0.25, 0.3) is 0 Å². The van der Waals surface area contributed by atoms with Crippen LogP contribution in [-0.2, 0) is 9.53 Å². The number of halogens is 2. The second-order valence-electron chi connectivity index (χ2n) is 3.46. The van der Waals surface area contributed by atoms with Crippen LogP contribution in [0.2, 0.25) is 0 Å². The Morgan fingerprint density at radius 2 is 2.06 bits per heavy atom. The van der Waals surface area contributed by atoms with Crippen molar-refractivity contribution < 1.29 is 18.7 Å². The molecular weight excluding hydrogens is 263 g/mol. The van der Waals surface area contributed by atoms with Crippen LogP contribution in [0.5, 0.6) is 0 Å². The number of amides is 1. The third-order valence-electron chi connectivity index (χ3n) is 2.06. The Morgan fingerprint density at radius 3 is 2.56 bits per heavy atom. The molecule has 0 unspecified atom stereocenters. The number of ether oxygens (including phenoxy) is 1. The van der Waals surface area contributed by atoms with E-state index in [1.165, 1.54) is 26.2 Å². The number of esters is 1. The molecule has 0 saturated heterocycles. The fourth-order valence-electron chi connectivity index (χ4n) is 1.11. The second kappa shape index (κ2) is 6.93. The molecule has 1 aromatic rings. The van der Waals surface area contributed by atoms with E-state index in [0.29, 0.717) is 0 Å². The maximum atomic E-state index is 13.4. The van der Waals surface area contributed by atoms with Crippen LogP contribution in [0.25, 0.3) is 0 Å². The molecule has 3 N–H and O–H groups in total. The summed E-state index contributed by atoms with van der Waals surface area (Å²) in [5.74, 6) is -1.79. The van der Waals surface area contributed by atoms with Crippen molar-refractivity contribution in [2.75, 3.05) is 12.4 Å². The zero-order chi connectivity index (χ0) is 13.0. The fourth-order valence-corrected chi connectivity index (χ4v) is 1.11. The molecule has 0 aliphatic carbocycles. The van der Waals surface area contributed by atoms with Gasteiger partial charge in [0.05, 0.1) is 24.4 Å². The number of hydrogen-bond acceptors (Lipinski definition) is 4. The molecular formula is C11H14ClFN2O3. The number of hydrogen-bond donors (Lipinski definition) is 2. The number of rotatable bonds is 3. The first-order valence-electron chi connectivity index (χ1n) is 4.90. The van der Waals surface area contributed by atoms with Crippen molar-refractivity contribution in [2.24, 2.45) is 5.73 Å². The first-order valence-corrected chi connectivity index (χ1v) is 4.90. The monoisotopic (exact) mass is 276 g/mol. The van der Waals surface area contributed by atoms with Gasteiger partial charge in [-0.3, -0.25) is 4.79 Å². The van der Waals surface area contributed by atoms with Crippen LogP contribution in [0.15, 0.2) is 18.2 Å². The van der Waals surface area contributed by atoms with Gasteiger partial charge in [-0.25, -0.2) is 9.18 Å². The highest BCUT2D eigenvalue weighted by atomic mass is 35.5. The summed E-state index contributed by atoms with van der Waals surface area (Å²) in [7, 11) is 1.21. The van der Waals surface area contributed by atoms with Crippen LogP contribution in [0.3, 0.4) is 0 Å². The Labute approximate surface area is 110 Å².